The minimum atomic E-state index is -0.921. The van der Waals surface area contributed by atoms with Crippen LogP contribution in [0.1, 0.15) is 44.9 Å². The third kappa shape index (κ3) is 4.34. The number of amides is 3. The monoisotopic (exact) mass is 297 g/mol. The Morgan fingerprint density at radius 3 is 2.05 bits per heavy atom. The van der Waals surface area contributed by atoms with Crippen LogP contribution in [0.25, 0.3) is 0 Å². The lowest BCUT2D eigenvalue weighted by atomic mass is 10.2. The number of primary amides is 1. The molecule has 3 amide bonds. The molecule has 2 saturated carbocycles. The largest absolute Gasteiger partial charge is 0.481 e. The van der Waals surface area contributed by atoms with Crippen LogP contribution in [0.4, 0.5) is 4.79 Å². The van der Waals surface area contributed by atoms with Gasteiger partial charge in [-0.15, -0.1) is 0 Å². The lowest BCUT2D eigenvalue weighted by Crippen LogP contribution is -2.51. The van der Waals surface area contributed by atoms with Crippen molar-refractivity contribution in [3.8, 4) is 0 Å². The highest BCUT2D eigenvalue weighted by Crippen LogP contribution is 2.30. The predicted molar refractivity (Wildman–Crippen MR) is 75.5 cm³/mol. The molecule has 0 aliphatic heterocycles. The molecule has 2 aliphatic rings. The molecule has 0 heterocycles. The fourth-order valence-corrected chi connectivity index (χ4v) is 2.94. The van der Waals surface area contributed by atoms with E-state index in [1.54, 1.807) is 9.80 Å². The first kappa shape index (κ1) is 15.6. The van der Waals surface area contributed by atoms with Gasteiger partial charge in [0, 0.05) is 18.6 Å². The maximum atomic E-state index is 12.7. The second kappa shape index (κ2) is 6.78. The van der Waals surface area contributed by atoms with E-state index in [-0.39, 0.29) is 37.6 Å². The predicted octanol–water partition coefficient (Wildman–Crippen LogP) is 0.775. The minimum absolute atomic E-state index is 0.0519. The summed E-state index contributed by atoms with van der Waals surface area (Å²) in [6.07, 6.45) is 5.60. The van der Waals surface area contributed by atoms with Crippen molar-refractivity contribution < 1.29 is 19.5 Å². The van der Waals surface area contributed by atoms with E-state index in [1.807, 2.05) is 0 Å². The Morgan fingerprint density at radius 2 is 1.57 bits per heavy atom. The molecule has 0 aromatic carbocycles. The van der Waals surface area contributed by atoms with Crippen molar-refractivity contribution in [3.63, 3.8) is 0 Å². The summed E-state index contributed by atoms with van der Waals surface area (Å²) in [6.45, 7) is 0.112. The van der Waals surface area contributed by atoms with Crippen LogP contribution in [0.15, 0.2) is 0 Å². The number of hydrogen-bond acceptors (Lipinski definition) is 3. The van der Waals surface area contributed by atoms with Crippen LogP contribution in [0.3, 0.4) is 0 Å². The Labute approximate surface area is 124 Å². The van der Waals surface area contributed by atoms with Gasteiger partial charge in [0.1, 0.15) is 6.54 Å². The van der Waals surface area contributed by atoms with E-state index >= 15 is 0 Å². The number of rotatable bonds is 7. The normalized spacial score (nSPS) is 18.5. The van der Waals surface area contributed by atoms with Crippen LogP contribution >= 0.6 is 0 Å². The fourth-order valence-electron chi connectivity index (χ4n) is 2.94. The van der Waals surface area contributed by atoms with Gasteiger partial charge in [0.15, 0.2) is 0 Å². The Hall–Kier alpha value is -1.79. The van der Waals surface area contributed by atoms with E-state index < -0.39 is 11.9 Å². The lowest BCUT2D eigenvalue weighted by molar-refractivity contribution is -0.137. The van der Waals surface area contributed by atoms with Crippen molar-refractivity contribution in [3.05, 3.63) is 0 Å². The topological polar surface area (TPSA) is 104 Å². The number of urea groups is 1. The van der Waals surface area contributed by atoms with Crippen LogP contribution in [0.5, 0.6) is 0 Å². The third-order valence-corrected chi connectivity index (χ3v) is 4.14. The zero-order valence-corrected chi connectivity index (χ0v) is 12.2. The smallest absolute Gasteiger partial charge is 0.320 e. The zero-order valence-electron chi connectivity index (χ0n) is 12.2. The fraction of sp³-hybridized carbons (Fsp3) is 0.786. The number of nitrogens with two attached hydrogens (primary N) is 1. The van der Waals surface area contributed by atoms with Crippen molar-refractivity contribution in [1.82, 2.24) is 9.80 Å². The molecule has 0 radical (unpaired) electrons. The van der Waals surface area contributed by atoms with Crippen molar-refractivity contribution in [2.24, 2.45) is 5.73 Å². The molecule has 0 unspecified atom stereocenters. The average Bonchev–Trinajstić information content (AvgIpc) is 3.10. The van der Waals surface area contributed by atoms with Crippen LogP contribution < -0.4 is 5.73 Å². The van der Waals surface area contributed by atoms with Gasteiger partial charge in [-0.2, -0.15) is 0 Å². The van der Waals surface area contributed by atoms with Gasteiger partial charge in [-0.05, 0) is 25.7 Å². The summed E-state index contributed by atoms with van der Waals surface area (Å²) in [5, 5.41) is 8.82. The van der Waals surface area contributed by atoms with Crippen LogP contribution in [-0.4, -0.2) is 58.0 Å². The van der Waals surface area contributed by atoms with E-state index in [0.717, 1.165) is 38.5 Å². The first-order valence-electron chi connectivity index (χ1n) is 7.56. The Kier molecular flexibility index (Phi) is 5.03. The molecule has 3 N–H and O–H groups in total. The van der Waals surface area contributed by atoms with Crippen LogP contribution in [-0.2, 0) is 9.59 Å². The number of hydrogen-bond donors (Lipinski definition) is 2. The van der Waals surface area contributed by atoms with E-state index in [1.165, 1.54) is 0 Å². The van der Waals surface area contributed by atoms with Gasteiger partial charge >= 0.3 is 12.0 Å². The van der Waals surface area contributed by atoms with E-state index in [9.17, 15) is 14.4 Å². The summed E-state index contributed by atoms with van der Waals surface area (Å²) in [4.78, 5) is 37.9. The van der Waals surface area contributed by atoms with Gasteiger partial charge < -0.3 is 20.6 Å². The van der Waals surface area contributed by atoms with Crippen molar-refractivity contribution >= 4 is 17.9 Å². The number of carbonyl (C=O) groups excluding carboxylic acids is 2. The maximum absolute atomic E-state index is 12.7. The maximum Gasteiger partial charge on any atom is 0.320 e. The molecule has 2 aliphatic carbocycles. The number of carboxylic acid groups (broad SMARTS) is 1. The highest BCUT2D eigenvalue weighted by Gasteiger charge is 2.38. The standard InChI is InChI=1S/C14H23N3O4/c15-12(18)9-17(10-3-1-2-4-10)14(21)16(11-5-6-11)8-7-13(19)20/h10-11H,1-9H2,(H2,15,18)(H,19,20). The number of aliphatic carboxylic acids is 1. The lowest BCUT2D eigenvalue weighted by Gasteiger charge is -2.33. The second-order valence-electron chi connectivity index (χ2n) is 5.88. The summed E-state index contributed by atoms with van der Waals surface area (Å²) in [5.41, 5.74) is 5.27. The molecule has 0 atom stereocenters. The SMILES string of the molecule is NC(=O)CN(C(=O)N(CCC(=O)O)C1CC1)C1CCCC1. The molecule has 0 aromatic rings. The molecule has 21 heavy (non-hydrogen) atoms. The highest BCUT2D eigenvalue weighted by molar-refractivity contribution is 5.83. The molecule has 2 rings (SSSR count). The Morgan fingerprint density at radius 1 is 1.00 bits per heavy atom. The molecule has 0 bridgehead atoms. The van der Waals surface area contributed by atoms with E-state index in [4.69, 9.17) is 10.8 Å². The molecule has 2 fully saturated rings. The van der Waals surface area contributed by atoms with Gasteiger partial charge in [-0.1, -0.05) is 12.8 Å². The zero-order chi connectivity index (χ0) is 15.4. The molecule has 0 saturated heterocycles. The van der Waals surface area contributed by atoms with E-state index in [0.29, 0.717) is 0 Å². The van der Waals surface area contributed by atoms with Crippen molar-refractivity contribution in [2.45, 2.75) is 57.0 Å². The summed E-state index contributed by atoms with van der Waals surface area (Å²) in [7, 11) is 0. The average molecular weight is 297 g/mol. The van der Waals surface area contributed by atoms with Gasteiger partial charge in [-0.25, -0.2) is 4.79 Å². The van der Waals surface area contributed by atoms with Crippen molar-refractivity contribution in [1.29, 1.82) is 0 Å². The summed E-state index contributed by atoms with van der Waals surface area (Å²) in [5.74, 6) is -1.44. The highest BCUT2D eigenvalue weighted by atomic mass is 16.4. The molecular formula is C14H23N3O4. The van der Waals surface area contributed by atoms with Gasteiger partial charge in [-0.3, -0.25) is 9.59 Å². The van der Waals surface area contributed by atoms with Gasteiger partial charge in [0.05, 0.1) is 6.42 Å². The first-order valence-corrected chi connectivity index (χ1v) is 7.56. The second-order valence-corrected chi connectivity index (χ2v) is 5.88. The van der Waals surface area contributed by atoms with Gasteiger partial charge in [0.25, 0.3) is 0 Å². The number of carboxylic acids is 1. The molecule has 118 valence electrons. The first-order chi connectivity index (χ1) is 9.99. The van der Waals surface area contributed by atoms with Crippen molar-refractivity contribution in [2.75, 3.05) is 13.1 Å². The summed E-state index contributed by atoms with van der Waals surface area (Å²) < 4.78 is 0. The Bertz CT molecular complexity index is 416. The Balaban J connectivity index is 2.05. The molecule has 7 heteroatoms. The molecule has 0 aromatic heterocycles. The number of nitrogens with zero attached hydrogens (tertiary/aromatic N) is 2. The molecular weight excluding hydrogens is 274 g/mol. The molecule has 0 spiro atoms. The van der Waals surface area contributed by atoms with Crippen LogP contribution in [0.2, 0.25) is 0 Å². The molecule has 7 nitrogen and oxygen atoms in total. The van der Waals surface area contributed by atoms with Gasteiger partial charge in [0.2, 0.25) is 5.91 Å². The van der Waals surface area contributed by atoms with Crippen LogP contribution in [0, 0.1) is 0 Å². The summed E-state index contributed by atoms with van der Waals surface area (Å²) >= 11 is 0. The summed E-state index contributed by atoms with van der Waals surface area (Å²) in [6, 6.07) is -0.0610. The third-order valence-electron chi connectivity index (χ3n) is 4.14. The minimum Gasteiger partial charge on any atom is -0.481 e. The quantitative estimate of drug-likeness (QED) is 0.724. The number of carbonyl (C=O) groups is 3. The van der Waals surface area contributed by atoms with E-state index in [2.05, 4.69) is 0 Å².